The van der Waals surface area contributed by atoms with E-state index >= 15 is 0 Å². The molecule has 1 N–H and O–H groups in total. The van der Waals surface area contributed by atoms with Gasteiger partial charge in [0.1, 0.15) is 0 Å². The summed E-state index contributed by atoms with van der Waals surface area (Å²) in [7, 11) is 1.72. The number of hydrogen-bond acceptors (Lipinski definition) is 3. The molecule has 0 aromatic carbocycles. The molecule has 1 aliphatic heterocycles. The summed E-state index contributed by atoms with van der Waals surface area (Å²) in [6.07, 6.45) is 0.972. The summed E-state index contributed by atoms with van der Waals surface area (Å²) >= 11 is 0. The number of nitrogens with zero attached hydrogens (tertiary/aromatic N) is 1. The van der Waals surface area contributed by atoms with Crippen LogP contribution in [0.5, 0.6) is 0 Å². The van der Waals surface area contributed by atoms with E-state index in [0.717, 1.165) is 19.6 Å². The third kappa shape index (κ3) is 3.96. The Labute approximate surface area is 105 Å². The third-order valence-corrected chi connectivity index (χ3v) is 3.35. The molecular weight excluding hydrogens is 216 g/mol. The van der Waals surface area contributed by atoms with E-state index in [4.69, 9.17) is 4.74 Å². The largest absolute Gasteiger partial charge is 0.385 e. The van der Waals surface area contributed by atoms with Crippen LogP contribution in [-0.4, -0.2) is 43.8 Å². The Morgan fingerprint density at radius 1 is 1.53 bits per heavy atom. The Balaban J connectivity index is 2.50. The number of nitrogens with one attached hydrogen (secondary N) is 1. The second-order valence-corrected chi connectivity index (χ2v) is 6.03. The van der Waals surface area contributed by atoms with E-state index in [-0.39, 0.29) is 17.4 Å². The van der Waals surface area contributed by atoms with Gasteiger partial charge in [0.2, 0.25) is 5.91 Å². The summed E-state index contributed by atoms with van der Waals surface area (Å²) in [6, 6.07) is -0.00627. The van der Waals surface area contributed by atoms with Crippen molar-refractivity contribution in [2.75, 3.05) is 26.9 Å². The fraction of sp³-hybridized carbons (Fsp3) is 0.923. The van der Waals surface area contributed by atoms with Gasteiger partial charge in [0.25, 0.3) is 0 Å². The Morgan fingerprint density at radius 3 is 2.65 bits per heavy atom. The Kier molecular flexibility index (Phi) is 4.95. The Bertz CT molecular complexity index is 264. The summed E-state index contributed by atoms with van der Waals surface area (Å²) in [5, 5.41) is 3.28. The average Bonchev–Trinajstić information content (AvgIpc) is 2.57. The van der Waals surface area contributed by atoms with Crippen LogP contribution in [0.15, 0.2) is 0 Å². The molecule has 1 atom stereocenters. The van der Waals surface area contributed by atoms with Gasteiger partial charge in [-0.15, -0.1) is 0 Å². The van der Waals surface area contributed by atoms with Gasteiger partial charge in [-0.2, -0.15) is 0 Å². The molecule has 0 aliphatic carbocycles. The van der Waals surface area contributed by atoms with E-state index in [1.807, 2.05) is 4.90 Å². The highest BCUT2D eigenvalue weighted by Crippen LogP contribution is 2.24. The molecule has 0 bridgehead atoms. The molecule has 0 radical (unpaired) electrons. The molecule has 0 aromatic rings. The van der Waals surface area contributed by atoms with Crippen molar-refractivity contribution in [3.63, 3.8) is 0 Å². The van der Waals surface area contributed by atoms with E-state index in [1.54, 1.807) is 7.11 Å². The number of rotatable bonds is 6. The molecule has 1 unspecified atom stereocenters. The van der Waals surface area contributed by atoms with Crippen LogP contribution in [0.1, 0.15) is 34.1 Å². The lowest BCUT2D eigenvalue weighted by molar-refractivity contribution is -0.131. The SMILES string of the molecule is COCCC(C)(C)CN1CNC(C(C)C)C1=O. The summed E-state index contributed by atoms with van der Waals surface area (Å²) in [5.74, 6) is 0.597. The summed E-state index contributed by atoms with van der Waals surface area (Å²) in [4.78, 5) is 14.1. The van der Waals surface area contributed by atoms with Crippen LogP contribution in [0.4, 0.5) is 0 Å². The van der Waals surface area contributed by atoms with Gasteiger partial charge in [0.05, 0.1) is 12.7 Å². The minimum atomic E-state index is -0.00627. The molecule has 1 amide bonds. The molecule has 17 heavy (non-hydrogen) atoms. The predicted octanol–water partition coefficient (Wildman–Crippen LogP) is 1.46. The van der Waals surface area contributed by atoms with Crippen molar-refractivity contribution in [3.05, 3.63) is 0 Å². The Morgan fingerprint density at radius 2 is 2.18 bits per heavy atom. The second-order valence-electron chi connectivity index (χ2n) is 6.03. The third-order valence-electron chi connectivity index (χ3n) is 3.35. The van der Waals surface area contributed by atoms with Crippen molar-refractivity contribution in [1.82, 2.24) is 10.2 Å². The quantitative estimate of drug-likeness (QED) is 0.767. The fourth-order valence-corrected chi connectivity index (χ4v) is 2.20. The summed E-state index contributed by atoms with van der Waals surface area (Å²) in [5.41, 5.74) is 0.110. The lowest BCUT2D eigenvalue weighted by Crippen LogP contribution is -2.39. The number of methoxy groups -OCH3 is 1. The molecule has 1 aliphatic rings. The first-order chi connectivity index (χ1) is 7.87. The monoisotopic (exact) mass is 242 g/mol. The molecule has 0 aromatic heterocycles. The van der Waals surface area contributed by atoms with Crippen molar-refractivity contribution >= 4 is 5.91 Å². The first-order valence-corrected chi connectivity index (χ1v) is 6.38. The number of ether oxygens (including phenoxy) is 1. The number of hydrogen-bond donors (Lipinski definition) is 1. The maximum absolute atomic E-state index is 12.1. The van der Waals surface area contributed by atoms with Crippen molar-refractivity contribution in [2.24, 2.45) is 11.3 Å². The summed E-state index contributed by atoms with van der Waals surface area (Å²) < 4.78 is 5.11. The van der Waals surface area contributed by atoms with Gasteiger partial charge in [-0.1, -0.05) is 27.7 Å². The first-order valence-electron chi connectivity index (χ1n) is 6.38. The van der Waals surface area contributed by atoms with Gasteiger partial charge in [-0.3, -0.25) is 10.1 Å². The fourth-order valence-electron chi connectivity index (χ4n) is 2.20. The minimum absolute atomic E-state index is 0.00627. The number of carbonyl (C=O) groups is 1. The van der Waals surface area contributed by atoms with Crippen LogP contribution in [-0.2, 0) is 9.53 Å². The van der Waals surface area contributed by atoms with Crippen LogP contribution in [0.25, 0.3) is 0 Å². The van der Waals surface area contributed by atoms with Gasteiger partial charge in [0, 0.05) is 20.3 Å². The highest BCUT2D eigenvalue weighted by atomic mass is 16.5. The molecule has 100 valence electrons. The van der Waals surface area contributed by atoms with Crippen LogP contribution in [0, 0.1) is 11.3 Å². The topological polar surface area (TPSA) is 41.6 Å². The first kappa shape index (κ1) is 14.5. The molecule has 0 saturated carbocycles. The lowest BCUT2D eigenvalue weighted by atomic mass is 9.89. The lowest BCUT2D eigenvalue weighted by Gasteiger charge is -2.29. The standard InChI is InChI=1S/C13H26N2O2/c1-10(2)11-12(16)15(9-14-11)8-13(3,4)6-7-17-5/h10-11,14H,6-9H2,1-5H3. The normalized spacial score (nSPS) is 21.6. The maximum Gasteiger partial charge on any atom is 0.241 e. The molecular formula is C13H26N2O2. The highest BCUT2D eigenvalue weighted by molar-refractivity contribution is 5.84. The zero-order chi connectivity index (χ0) is 13.1. The summed E-state index contributed by atoms with van der Waals surface area (Å²) in [6.45, 7) is 10.7. The number of amides is 1. The second kappa shape index (κ2) is 5.83. The zero-order valence-corrected chi connectivity index (χ0v) is 11.7. The molecule has 1 fully saturated rings. The predicted molar refractivity (Wildman–Crippen MR) is 68.6 cm³/mol. The highest BCUT2D eigenvalue weighted by Gasteiger charge is 2.35. The molecule has 0 spiro atoms. The van der Waals surface area contributed by atoms with Crippen molar-refractivity contribution in [2.45, 2.75) is 40.2 Å². The maximum atomic E-state index is 12.1. The minimum Gasteiger partial charge on any atom is -0.385 e. The van der Waals surface area contributed by atoms with Gasteiger partial charge < -0.3 is 9.64 Å². The van der Waals surface area contributed by atoms with Crippen LogP contribution in [0.2, 0.25) is 0 Å². The van der Waals surface area contributed by atoms with Crippen molar-refractivity contribution in [1.29, 1.82) is 0 Å². The molecule has 1 rings (SSSR count). The van der Waals surface area contributed by atoms with Gasteiger partial charge >= 0.3 is 0 Å². The smallest absolute Gasteiger partial charge is 0.241 e. The van der Waals surface area contributed by atoms with Crippen molar-refractivity contribution < 1.29 is 9.53 Å². The van der Waals surface area contributed by atoms with Crippen molar-refractivity contribution in [3.8, 4) is 0 Å². The average molecular weight is 242 g/mol. The Hall–Kier alpha value is -0.610. The van der Waals surface area contributed by atoms with E-state index in [2.05, 4.69) is 33.0 Å². The van der Waals surface area contributed by atoms with E-state index in [0.29, 0.717) is 12.6 Å². The van der Waals surface area contributed by atoms with E-state index in [1.165, 1.54) is 0 Å². The number of carbonyl (C=O) groups excluding carboxylic acids is 1. The van der Waals surface area contributed by atoms with Gasteiger partial charge in [0.15, 0.2) is 0 Å². The van der Waals surface area contributed by atoms with Gasteiger partial charge in [-0.25, -0.2) is 0 Å². The van der Waals surface area contributed by atoms with Crippen LogP contribution < -0.4 is 5.32 Å². The van der Waals surface area contributed by atoms with Gasteiger partial charge in [-0.05, 0) is 17.8 Å². The molecule has 4 nitrogen and oxygen atoms in total. The van der Waals surface area contributed by atoms with Crippen LogP contribution >= 0.6 is 0 Å². The molecule has 1 saturated heterocycles. The van der Waals surface area contributed by atoms with E-state index in [9.17, 15) is 4.79 Å². The zero-order valence-electron chi connectivity index (χ0n) is 11.7. The molecule has 1 heterocycles. The van der Waals surface area contributed by atoms with Crippen LogP contribution in [0.3, 0.4) is 0 Å². The van der Waals surface area contributed by atoms with E-state index < -0.39 is 0 Å². The molecule has 4 heteroatoms.